The van der Waals surface area contributed by atoms with Crippen LogP contribution in [0.4, 0.5) is 5.69 Å². The molecule has 1 aliphatic heterocycles. The van der Waals surface area contributed by atoms with E-state index in [0.717, 1.165) is 23.2 Å². The minimum Gasteiger partial charge on any atom is -0.307 e. The van der Waals surface area contributed by atoms with Crippen molar-refractivity contribution in [2.45, 2.75) is 25.9 Å². The molecule has 0 spiro atoms. The van der Waals surface area contributed by atoms with E-state index in [0.29, 0.717) is 10.7 Å². The summed E-state index contributed by atoms with van der Waals surface area (Å²) in [6.45, 7) is 1.91. The second kappa shape index (κ2) is 7.00. The largest absolute Gasteiger partial charge is 0.307 e. The van der Waals surface area contributed by atoms with Crippen molar-refractivity contribution >= 4 is 23.2 Å². The molecule has 2 heterocycles. The summed E-state index contributed by atoms with van der Waals surface area (Å²) < 4.78 is 1.22. The van der Waals surface area contributed by atoms with Gasteiger partial charge in [-0.2, -0.15) is 5.10 Å². The number of para-hydroxylation sites is 1. The zero-order chi connectivity index (χ0) is 19.0. The van der Waals surface area contributed by atoms with Crippen molar-refractivity contribution in [3.05, 3.63) is 81.6 Å². The third-order valence-corrected chi connectivity index (χ3v) is 5.02. The van der Waals surface area contributed by atoms with E-state index in [9.17, 15) is 9.59 Å². The summed E-state index contributed by atoms with van der Waals surface area (Å²) in [6.07, 6.45) is 0.815. The van der Waals surface area contributed by atoms with E-state index in [-0.39, 0.29) is 24.1 Å². The number of anilines is 1. The van der Waals surface area contributed by atoms with Crippen molar-refractivity contribution in [1.82, 2.24) is 9.78 Å². The van der Waals surface area contributed by atoms with Crippen molar-refractivity contribution < 1.29 is 4.79 Å². The predicted octanol–water partition coefficient (Wildman–Crippen LogP) is 3.54. The Labute approximate surface area is 161 Å². The smallest absolute Gasteiger partial charge is 0.267 e. The van der Waals surface area contributed by atoms with Crippen LogP contribution in [0.5, 0.6) is 0 Å². The molecule has 1 amide bonds. The Morgan fingerprint density at radius 1 is 1.11 bits per heavy atom. The number of carbonyl (C=O) groups is 1. The summed E-state index contributed by atoms with van der Waals surface area (Å²) in [5, 5.41) is 5.01. The number of amides is 1. The summed E-state index contributed by atoms with van der Waals surface area (Å²) in [5.74, 6) is -0.143. The Hall–Kier alpha value is -2.92. The Morgan fingerprint density at radius 2 is 1.85 bits per heavy atom. The van der Waals surface area contributed by atoms with Gasteiger partial charge in [0.2, 0.25) is 5.91 Å². The molecule has 4 rings (SSSR count). The molecule has 5 nitrogen and oxygen atoms in total. The van der Waals surface area contributed by atoms with Crippen LogP contribution in [0, 0.1) is 0 Å². The van der Waals surface area contributed by atoms with Crippen LogP contribution < -0.4 is 10.5 Å². The van der Waals surface area contributed by atoms with E-state index >= 15 is 0 Å². The lowest BCUT2D eigenvalue weighted by molar-refractivity contribution is -0.119. The third-order valence-electron chi connectivity index (χ3n) is 4.77. The van der Waals surface area contributed by atoms with Crippen LogP contribution in [0.1, 0.15) is 12.5 Å². The first-order valence-corrected chi connectivity index (χ1v) is 9.15. The van der Waals surface area contributed by atoms with Gasteiger partial charge < -0.3 is 4.90 Å². The lowest BCUT2D eigenvalue weighted by Gasteiger charge is -2.23. The molecule has 2 aromatic carbocycles. The molecule has 0 N–H and O–H groups in total. The quantitative estimate of drug-likeness (QED) is 0.699. The lowest BCUT2D eigenvalue weighted by atomic mass is 10.1. The van der Waals surface area contributed by atoms with Crippen molar-refractivity contribution in [1.29, 1.82) is 0 Å². The maximum absolute atomic E-state index is 12.9. The van der Waals surface area contributed by atoms with Crippen molar-refractivity contribution in [3.8, 4) is 11.3 Å². The van der Waals surface area contributed by atoms with Gasteiger partial charge in [0.05, 0.1) is 5.69 Å². The molecule has 1 unspecified atom stereocenters. The molecular formula is C21H18ClN3O2. The Balaban J connectivity index is 1.63. The van der Waals surface area contributed by atoms with Crippen LogP contribution in [-0.4, -0.2) is 21.7 Å². The van der Waals surface area contributed by atoms with Gasteiger partial charge in [0.25, 0.3) is 5.56 Å². The molecule has 0 saturated heterocycles. The maximum Gasteiger partial charge on any atom is 0.267 e. The molecule has 0 radical (unpaired) electrons. The van der Waals surface area contributed by atoms with E-state index in [2.05, 4.69) is 5.10 Å². The second-order valence-electron chi connectivity index (χ2n) is 6.67. The van der Waals surface area contributed by atoms with Crippen molar-refractivity contribution in [2.24, 2.45) is 0 Å². The Bertz CT molecular complexity index is 1060. The van der Waals surface area contributed by atoms with Crippen LogP contribution in [0.3, 0.4) is 0 Å². The van der Waals surface area contributed by atoms with Gasteiger partial charge in [0.1, 0.15) is 6.54 Å². The fourth-order valence-corrected chi connectivity index (χ4v) is 3.61. The minimum atomic E-state index is -0.304. The third kappa shape index (κ3) is 3.38. The number of halogens is 1. The number of fused-ring (bicyclic) bond motifs is 1. The number of benzene rings is 2. The highest BCUT2D eigenvalue weighted by Crippen LogP contribution is 2.31. The van der Waals surface area contributed by atoms with Gasteiger partial charge in [0.15, 0.2) is 0 Å². The van der Waals surface area contributed by atoms with Crippen LogP contribution >= 0.6 is 11.6 Å². The average molecular weight is 380 g/mol. The molecule has 0 fully saturated rings. The fraction of sp³-hybridized carbons (Fsp3) is 0.190. The zero-order valence-corrected chi connectivity index (χ0v) is 15.6. The second-order valence-corrected chi connectivity index (χ2v) is 7.10. The standard InChI is InChI=1S/C21H18ClN3O2/c1-14-12-16-4-2-3-5-19(16)25(14)21(27)13-24-20(26)11-10-18(23-24)15-6-8-17(22)9-7-15/h2-11,14H,12-13H2,1H3. The summed E-state index contributed by atoms with van der Waals surface area (Å²) in [6, 6.07) is 18.2. The normalized spacial score (nSPS) is 15.6. The van der Waals surface area contributed by atoms with E-state index < -0.39 is 0 Å². The Morgan fingerprint density at radius 3 is 2.63 bits per heavy atom. The van der Waals surface area contributed by atoms with E-state index in [1.54, 1.807) is 23.1 Å². The number of hydrogen-bond donors (Lipinski definition) is 0. The van der Waals surface area contributed by atoms with Gasteiger partial charge in [-0.05, 0) is 43.2 Å². The SMILES string of the molecule is CC1Cc2ccccc2N1C(=O)Cn1nc(-c2ccc(Cl)cc2)ccc1=O. The van der Waals surface area contributed by atoms with Crippen molar-refractivity contribution in [2.75, 3.05) is 4.90 Å². The highest BCUT2D eigenvalue weighted by Gasteiger charge is 2.30. The molecule has 0 bridgehead atoms. The van der Waals surface area contributed by atoms with E-state index in [1.165, 1.54) is 10.7 Å². The summed E-state index contributed by atoms with van der Waals surface area (Å²) >= 11 is 5.93. The molecule has 0 saturated carbocycles. The number of hydrogen-bond acceptors (Lipinski definition) is 3. The summed E-state index contributed by atoms with van der Waals surface area (Å²) in [7, 11) is 0. The first-order chi connectivity index (χ1) is 13.0. The van der Waals surface area contributed by atoms with Crippen LogP contribution in [-0.2, 0) is 17.8 Å². The molecule has 3 aromatic rings. The molecule has 27 heavy (non-hydrogen) atoms. The summed E-state index contributed by atoms with van der Waals surface area (Å²) in [4.78, 5) is 26.9. The number of aromatic nitrogens is 2. The highest BCUT2D eigenvalue weighted by atomic mass is 35.5. The molecule has 0 aliphatic carbocycles. The molecule has 1 aromatic heterocycles. The van der Waals surface area contributed by atoms with Gasteiger partial charge in [-0.15, -0.1) is 0 Å². The molecular weight excluding hydrogens is 362 g/mol. The van der Waals surface area contributed by atoms with Gasteiger partial charge in [-0.3, -0.25) is 9.59 Å². The maximum atomic E-state index is 12.9. The van der Waals surface area contributed by atoms with Crippen LogP contribution in [0.2, 0.25) is 5.02 Å². The van der Waals surface area contributed by atoms with E-state index in [4.69, 9.17) is 11.6 Å². The van der Waals surface area contributed by atoms with E-state index in [1.807, 2.05) is 43.3 Å². The summed E-state index contributed by atoms with van der Waals surface area (Å²) in [5.41, 5.74) is 3.21. The monoisotopic (exact) mass is 379 g/mol. The van der Waals surface area contributed by atoms with Gasteiger partial charge in [-0.25, -0.2) is 4.68 Å². The number of nitrogens with zero attached hydrogens (tertiary/aromatic N) is 3. The number of rotatable bonds is 3. The zero-order valence-electron chi connectivity index (χ0n) is 14.8. The van der Waals surface area contributed by atoms with Gasteiger partial charge in [0, 0.05) is 28.4 Å². The van der Waals surface area contributed by atoms with Gasteiger partial charge >= 0.3 is 0 Å². The molecule has 136 valence electrons. The minimum absolute atomic E-state index is 0.0602. The first kappa shape index (κ1) is 17.5. The molecule has 6 heteroatoms. The van der Waals surface area contributed by atoms with Gasteiger partial charge in [-0.1, -0.05) is 41.9 Å². The lowest BCUT2D eigenvalue weighted by Crippen LogP contribution is -2.40. The molecule has 1 aliphatic rings. The van der Waals surface area contributed by atoms with Crippen LogP contribution in [0.25, 0.3) is 11.3 Å². The predicted molar refractivity (Wildman–Crippen MR) is 106 cm³/mol. The first-order valence-electron chi connectivity index (χ1n) is 8.77. The topological polar surface area (TPSA) is 55.2 Å². The van der Waals surface area contributed by atoms with Crippen LogP contribution in [0.15, 0.2) is 65.5 Å². The Kier molecular flexibility index (Phi) is 4.54. The highest BCUT2D eigenvalue weighted by molar-refractivity contribution is 6.30. The number of carbonyl (C=O) groups excluding carboxylic acids is 1. The molecule has 1 atom stereocenters. The average Bonchev–Trinajstić information content (AvgIpc) is 3.00. The fourth-order valence-electron chi connectivity index (χ4n) is 3.49. The van der Waals surface area contributed by atoms with Crippen molar-refractivity contribution in [3.63, 3.8) is 0 Å².